The number of anilines is 1. The van der Waals surface area contributed by atoms with E-state index >= 15 is 0 Å². The highest BCUT2D eigenvalue weighted by Gasteiger charge is 2.39. The standard InChI is InChI=1S/C37H46ClN/c1-8-9-14-26-39-33-21-13-12-20-32(33)37(6,7)34(39)25-24-30-18-15-17-29(35(30)38)23-22-28(3)36(4,5)31-19-11-10-16-27(31)2/h10-13,16,19-25H,3,8-9,14-15,17-18,26H2,1-2,4-7H3/b23-22+,30-24+,34-25+. The number of rotatable bonds is 9. The number of fused-ring (bicyclic) bond motifs is 1. The Balaban J connectivity index is 1.61. The third-order valence-corrected chi connectivity index (χ3v) is 9.28. The Morgan fingerprint density at radius 2 is 1.74 bits per heavy atom. The van der Waals surface area contributed by atoms with E-state index in [4.69, 9.17) is 11.6 Å². The van der Waals surface area contributed by atoms with Gasteiger partial charge in [-0.05, 0) is 78.2 Å². The topological polar surface area (TPSA) is 3.24 Å². The minimum absolute atomic E-state index is 0.0354. The van der Waals surface area contributed by atoms with Crippen LogP contribution in [0.25, 0.3) is 0 Å². The first kappa shape index (κ1) is 29.2. The zero-order valence-corrected chi connectivity index (χ0v) is 25.7. The van der Waals surface area contributed by atoms with Gasteiger partial charge in [-0.3, -0.25) is 0 Å². The summed E-state index contributed by atoms with van der Waals surface area (Å²) < 4.78 is 0. The lowest BCUT2D eigenvalue weighted by Crippen LogP contribution is -2.27. The molecule has 1 nitrogen and oxygen atoms in total. The minimum atomic E-state index is -0.142. The molecule has 206 valence electrons. The van der Waals surface area contributed by atoms with Crippen molar-refractivity contribution in [1.29, 1.82) is 0 Å². The van der Waals surface area contributed by atoms with E-state index in [1.165, 1.54) is 58.5 Å². The fourth-order valence-electron chi connectivity index (χ4n) is 6.15. The van der Waals surface area contributed by atoms with Crippen molar-refractivity contribution >= 4 is 17.3 Å². The van der Waals surface area contributed by atoms with Gasteiger partial charge in [0.2, 0.25) is 0 Å². The van der Waals surface area contributed by atoms with Crippen LogP contribution in [-0.2, 0) is 10.8 Å². The Kier molecular flexibility index (Phi) is 9.12. The Labute approximate surface area is 242 Å². The van der Waals surface area contributed by atoms with E-state index in [-0.39, 0.29) is 10.8 Å². The summed E-state index contributed by atoms with van der Waals surface area (Å²) in [6.45, 7) is 19.2. The van der Waals surface area contributed by atoms with E-state index in [0.717, 1.165) is 36.4 Å². The molecular weight excluding hydrogens is 494 g/mol. The third-order valence-electron chi connectivity index (χ3n) is 8.79. The number of benzene rings is 2. The molecule has 1 aliphatic heterocycles. The number of para-hydroxylation sites is 1. The molecule has 2 aromatic rings. The third kappa shape index (κ3) is 6.04. The van der Waals surface area contributed by atoms with Crippen LogP contribution in [-0.4, -0.2) is 6.54 Å². The predicted molar refractivity (Wildman–Crippen MR) is 172 cm³/mol. The number of allylic oxidation sites excluding steroid dienone is 9. The molecule has 0 saturated carbocycles. The fourth-order valence-corrected chi connectivity index (χ4v) is 6.46. The van der Waals surface area contributed by atoms with Gasteiger partial charge in [-0.25, -0.2) is 0 Å². The summed E-state index contributed by atoms with van der Waals surface area (Å²) >= 11 is 7.06. The second kappa shape index (κ2) is 12.2. The maximum absolute atomic E-state index is 7.06. The zero-order valence-electron chi connectivity index (χ0n) is 24.9. The van der Waals surface area contributed by atoms with E-state index in [2.05, 4.69) is 126 Å². The highest BCUT2D eigenvalue weighted by atomic mass is 35.5. The van der Waals surface area contributed by atoms with Gasteiger partial charge in [-0.1, -0.05) is 126 Å². The summed E-state index contributed by atoms with van der Waals surface area (Å²) in [5.41, 5.74) is 10.1. The molecule has 0 spiro atoms. The van der Waals surface area contributed by atoms with Crippen LogP contribution in [0.2, 0.25) is 0 Å². The molecule has 0 fully saturated rings. The number of unbranched alkanes of at least 4 members (excludes halogenated alkanes) is 2. The van der Waals surface area contributed by atoms with E-state index in [0.29, 0.717) is 0 Å². The maximum atomic E-state index is 7.06. The summed E-state index contributed by atoms with van der Waals surface area (Å²) in [6, 6.07) is 17.5. The van der Waals surface area contributed by atoms with Crippen LogP contribution in [0.3, 0.4) is 0 Å². The van der Waals surface area contributed by atoms with Crippen LogP contribution in [0, 0.1) is 6.92 Å². The number of hydrogen-bond acceptors (Lipinski definition) is 1. The Hall–Kier alpha value is -2.77. The van der Waals surface area contributed by atoms with E-state index in [1.807, 2.05) is 0 Å². The summed E-state index contributed by atoms with van der Waals surface area (Å²) in [5.74, 6) is 0. The van der Waals surface area contributed by atoms with Crippen molar-refractivity contribution in [1.82, 2.24) is 0 Å². The predicted octanol–water partition coefficient (Wildman–Crippen LogP) is 10.9. The van der Waals surface area contributed by atoms with Crippen molar-refractivity contribution < 1.29 is 0 Å². The smallest absolute Gasteiger partial charge is 0.0469 e. The monoisotopic (exact) mass is 539 g/mol. The SMILES string of the molecule is C=C(/C=C/C1=C(Cl)C(=C/C=C2/N(CCCCC)c3ccccc3C2(C)C)/CCC1)C(C)(C)c1ccccc1C. The first-order chi connectivity index (χ1) is 18.6. The largest absolute Gasteiger partial charge is 0.344 e. The van der Waals surface area contributed by atoms with Crippen LogP contribution in [0.4, 0.5) is 5.69 Å². The molecule has 4 rings (SSSR count). The van der Waals surface area contributed by atoms with Crippen LogP contribution in [0.5, 0.6) is 0 Å². The number of aryl methyl sites for hydroxylation is 1. The fraction of sp³-hybridized carbons (Fsp3) is 0.405. The molecule has 0 radical (unpaired) electrons. The summed E-state index contributed by atoms with van der Waals surface area (Å²) in [4.78, 5) is 2.54. The van der Waals surface area contributed by atoms with Gasteiger partial charge < -0.3 is 4.90 Å². The lowest BCUT2D eigenvalue weighted by atomic mass is 9.76. The highest BCUT2D eigenvalue weighted by molar-refractivity contribution is 6.32. The first-order valence-corrected chi connectivity index (χ1v) is 15.1. The molecule has 0 amide bonds. The molecule has 2 heteroatoms. The summed E-state index contributed by atoms with van der Waals surface area (Å²) in [7, 11) is 0. The van der Waals surface area contributed by atoms with Crippen molar-refractivity contribution in [2.75, 3.05) is 11.4 Å². The van der Waals surface area contributed by atoms with Gasteiger partial charge >= 0.3 is 0 Å². The van der Waals surface area contributed by atoms with Gasteiger partial charge in [0.15, 0.2) is 0 Å². The molecule has 0 unspecified atom stereocenters. The van der Waals surface area contributed by atoms with Crippen molar-refractivity contribution in [2.45, 2.75) is 90.9 Å². The van der Waals surface area contributed by atoms with Gasteiger partial charge in [0, 0.05) is 33.8 Å². The number of halogens is 1. The van der Waals surface area contributed by atoms with E-state index in [1.54, 1.807) is 0 Å². The van der Waals surface area contributed by atoms with Crippen LogP contribution in [0.15, 0.2) is 107 Å². The first-order valence-electron chi connectivity index (χ1n) is 14.7. The molecule has 2 aromatic carbocycles. The zero-order chi connectivity index (χ0) is 28.2. The summed E-state index contributed by atoms with van der Waals surface area (Å²) in [6.07, 6.45) is 15.8. The van der Waals surface area contributed by atoms with Crippen LogP contribution >= 0.6 is 11.6 Å². The van der Waals surface area contributed by atoms with Gasteiger partial charge in [-0.15, -0.1) is 0 Å². The average molecular weight is 540 g/mol. The second-order valence-corrected chi connectivity index (χ2v) is 12.6. The quantitative estimate of drug-likeness (QED) is 0.226. The molecule has 0 N–H and O–H groups in total. The van der Waals surface area contributed by atoms with Crippen LogP contribution < -0.4 is 4.90 Å². The van der Waals surface area contributed by atoms with E-state index in [9.17, 15) is 0 Å². The average Bonchev–Trinajstić information content (AvgIpc) is 3.13. The van der Waals surface area contributed by atoms with Gasteiger partial charge in [0.25, 0.3) is 0 Å². The van der Waals surface area contributed by atoms with Gasteiger partial charge in [0.05, 0.1) is 0 Å². The maximum Gasteiger partial charge on any atom is 0.0469 e. The molecule has 0 aromatic heterocycles. The molecular formula is C37H46ClN. The van der Waals surface area contributed by atoms with E-state index < -0.39 is 0 Å². The lowest BCUT2D eigenvalue weighted by Gasteiger charge is -2.28. The van der Waals surface area contributed by atoms with Crippen molar-refractivity contribution in [3.05, 3.63) is 124 Å². The molecule has 2 aliphatic rings. The minimum Gasteiger partial charge on any atom is -0.344 e. The van der Waals surface area contributed by atoms with Crippen molar-refractivity contribution in [3.63, 3.8) is 0 Å². The normalized spacial score (nSPS) is 19.4. The number of hydrogen-bond donors (Lipinski definition) is 0. The number of nitrogens with zero attached hydrogens (tertiary/aromatic N) is 1. The molecule has 1 heterocycles. The molecule has 0 saturated heterocycles. The molecule has 1 aliphatic carbocycles. The Morgan fingerprint density at radius 3 is 2.49 bits per heavy atom. The Bertz CT molecular complexity index is 1330. The molecule has 0 bridgehead atoms. The van der Waals surface area contributed by atoms with Crippen molar-refractivity contribution in [3.8, 4) is 0 Å². The molecule has 0 atom stereocenters. The highest BCUT2D eigenvalue weighted by Crippen LogP contribution is 2.48. The molecule has 39 heavy (non-hydrogen) atoms. The van der Waals surface area contributed by atoms with Gasteiger partial charge in [-0.2, -0.15) is 0 Å². The second-order valence-electron chi connectivity index (χ2n) is 12.2. The van der Waals surface area contributed by atoms with Crippen LogP contribution in [0.1, 0.15) is 89.8 Å². The summed E-state index contributed by atoms with van der Waals surface area (Å²) in [5, 5.41) is 0.904. The van der Waals surface area contributed by atoms with Gasteiger partial charge in [0.1, 0.15) is 0 Å². The Morgan fingerprint density at radius 1 is 1.03 bits per heavy atom. The van der Waals surface area contributed by atoms with Crippen molar-refractivity contribution in [2.24, 2.45) is 0 Å². The lowest BCUT2D eigenvalue weighted by molar-refractivity contribution is 0.618.